The highest BCUT2D eigenvalue weighted by Gasteiger charge is 2.11. The second kappa shape index (κ2) is 6.06. The first kappa shape index (κ1) is 13.8. The van der Waals surface area contributed by atoms with Crippen molar-refractivity contribution in [3.05, 3.63) is 53.6 Å². The molecule has 0 aromatic heterocycles. The summed E-state index contributed by atoms with van der Waals surface area (Å²) in [7, 11) is 0. The lowest BCUT2D eigenvalue weighted by molar-refractivity contribution is 0.122. The van der Waals surface area contributed by atoms with Crippen molar-refractivity contribution in [3.8, 4) is 0 Å². The molecular formula is C17H21N3O. The van der Waals surface area contributed by atoms with Crippen LogP contribution in [0.3, 0.4) is 0 Å². The van der Waals surface area contributed by atoms with E-state index in [0.29, 0.717) is 11.4 Å². The Bertz CT molecular complexity index is 604. The molecule has 1 aliphatic rings. The quantitative estimate of drug-likeness (QED) is 0.848. The van der Waals surface area contributed by atoms with Crippen molar-refractivity contribution < 1.29 is 4.74 Å². The van der Waals surface area contributed by atoms with E-state index in [0.717, 1.165) is 38.3 Å². The zero-order valence-corrected chi connectivity index (χ0v) is 12.1. The maximum atomic E-state index is 6.03. The molecule has 0 unspecified atom stereocenters. The van der Waals surface area contributed by atoms with E-state index in [4.69, 9.17) is 16.2 Å². The predicted molar refractivity (Wildman–Crippen MR) is 87.5 cm³/mol. The fraction of sp³-hybridized carbons (Fsp3) is 0.294. The third kappa shape index (κ3) is 3.11. The summed E-state index contributed by atoms with van der Waals surface area (Å²) in [4.78, 5) is 2.35. The van der Waals surface area contributed by atoms with Gasteiger partial charge in [-0.15, -0.1) is 0 Å². The average molecular weight is 283 g/mol. The van der Waals surface area contributed by atoms with E-state index < -0.39 is 0 Å². The average Bonchev–Trinajstić information content (AvgIpc) is 2.53. The predicted octanol–water partition coefficient (Wildman–Crippen LogP) is 2.28. The molecular weight excluding hydrogens is 262 g/mol. The molecule has 4 heteroatoms. The van der Waals surface area contributed by atoms with E-state index >= 15 is 0 Å². The van der Waals surface area contributed by atoms with Crippen LogP contribution in [0.25, 0.3) is 0 Å². The Morgan fingerprint density at radius 2 is 1.67 bits per heavy atom. The number of hydrogen-bond donors (Lipinski definition) is 2. The van der Waals surface area contributed by atoms with Crippen LogP contribution < -0.4 is 16.4 Å². The highest BCUT2D eigenvalue weighted by molar-refractivity contribution is 5.67. The molecule has 0 aliphatic carbocycles. The van der Waals surface area contributed by atoms with Gasteiger partial charge in [0.1, 0.15) is 0 Å². The van der Waals surface area contributed by atoms with Crippen LogP contribution in [0.15, 0.2) is 42.5 Å². The highest BCUT2D eigenvalue weighted by atomic mass is 16.5. The zero-order valence-electron chi connectivity index (χ0n) is 12.1. The molecule has 1 aliphatic heterocycles. The van der Waals surface area contributed by atoms with Crippen molar-refractivity contribution in [2.45, 2.75) is 6.42 Å². The van der Waals surface area contributed by atoms with Gasteiger partial charge in [-0.3, -0.25) is 0 Å². The molecule has 0 saturated carbocycles. The Kier molecular flexibility index (Phi) is 3.97. The van der Waals surface area contributed by atoms with Crippen LogP contribution in [0.4, 0.5) is 17.1 Å². The highest BCUT2D eigenvalue weighted by Crippen LogP contribution is 2.23. The zero-order chi connectivity index (χ0) is 14.7. The maximum Gasteiger partial charge on any atom is 0.0642 e. The van der Waals surface area contributed by atoms with Crippen molar-refractivity contribution in [2.75, 3.05) is 42.7 Å². The van der Waals surface area contributed by atoms with Crippen LogP contribution in [0.1, 0.15) is 11.1 Å². The van der Waals surface area contributed by atoms with Crippen LogP contribution in [0, 0.1) is 0 Å². The first-order valence-corrected chi connectivity index (χ1v) is 7.28. The summed E-state index contributed by atoms with van der Waals surface area (Å²) < 4.78 is 5.38. The van der Waals surface area contributed by atoms with Crippen molar-refractivity contribution in [2.24, 2.45) is 0 Å². The van der Waals surface area contributed by atoms with Gasteiger partial charge in [-0.1, -0.05) is 24.3 Å². The smallest absolute Gasteiger partial charge is 0.0642 e. The molecule has 0 radical (unpaired) electrons. The van der Waals surface area contributed by atoms with E-state index in [9.17, 15) is 0 Å². The van der Waals surface area contributed by atoms with Crippen LogP contribution in [0.5, 0.6) is 0 Å². The number of nitrogens with two attached hydrogens (primary N) is 2. The first-order chi connectivity index (χ1) is 10.2. The van der Waals surface area contributed by atoms with Gasteiger partial charge >= 0.3 is 0 Å². The molecule has 1 saturated heterocycles. The second-order valence-corrected chi connectivity index (χ2v) is 5.36. The lowest BCUT2D eigenvalue weighted by Gasteiger charge is -2.28. The summed E-state index contributed by atoms with van der Waals surface area (Å²) in [6.45, 7) is 3.53. The van der Waals surface area contributed by atoms with Crippen LogP contribution in [-0.4, -0.2) is 26.3 Å². The number of benzene rings is 2. The van der Waals surface area contributed by atoms with Crippen LogP contribution in [0.2, 0.25) is 0 Å². The Morgan fingerprint density at radius 3 is 2.38 bits per heavy atom. The number of anilines is 3. The molecule has 21 heavy (non-hydrogen) atoms. The number of hydrogen-bond acceptors (Lipinski definition) is 4. The minimum absolute atomic E-state index is 0.650. The van der Waals surface area contributed by atoms with Crippen molar-refractivity contribution in [3.63, 3.8) is 0 Å². The third-order valence-corrected chi connectivity index (χ3v) is 3.94. The van der Waals surface area contributed by atoms with Gasteiger partial charge in [0, 0.05) is 18.8 Å². The lowest BCUT2D eigenvalue weighted by Crippen LogP contribution is -2.36. The monoisotopic (exact) mass is 283 g/mol. The lowest BCUT2D eigenvalue weighted by atomic mass is 10.0. The second-order valence-electron chi connectivity index (χ2n) is 5.36. The fourth-order valence-electron chi connectivity index (χ4n) is 2.65. The topological polar surface area (TPSA) is 64.5 Å². The number of morpholine rings is 1. The van der Waals surface area contributed by atoms with E-state index in [2.05, 4.69) is 29.2 Å². The van der Waals surface area contributed by atoms with Crippen molar-refractivity contribution >= 4 is 17.1 Å². The largest absolute Gasteiger partial charge is 0.397 e. The molecule has 2 aromatic rings. The van der Waals surface area contributed by atoms with Gasteiger partial charge in [-0.25, -0.2) is 0 Å². The van der Waals surface area contributed by atoms with Gasteiger partial charge in [0.15, 0.2) is 0 Å². The number of nitrogen functional groups attached to an aromatic ring is 2. The van der Waals surface area contributed by atoms with Gasteiger partial charge in [0.2, 0.25) is 0 Å². The molecule has 0 atom stereocenters. The maximum absolute atomic E-state index is 6.03. The first-order valence-electron chi connectivity index (χ1n) is 7.28. The number of ether oxygens (including phenoxy) is 1. The summed E-state index contributed by atoms with van der Waals surface area (Å²) in [6.07, 6.45) is 0.806. The molecule has 1 heterocycles. The Labute approximate surface area is 125 Å². The van der Waals surface area contributed by atoms with E-state index in [-0.39, 0.29) is 0 Å². The normalized spacial score (nSPS) is 15.1. The molecule has 0 amide bonds. The van der Waals surface area contributed by atoms with E-state index in [1.807, 2.05) is 18.2 Å². The van der Waals surface area contributed by atoms with Crippen molar-refractivity contribution in [1.82, 2.24) is 0 Å². The Balaban J connectivity index is 1.73. The van der Waals surface area contributed by atoms with Crippen LogP contribution >= 0.6 is 0 Å². The Hall–Kier alpha value is -2.20. The molecule has 4 nitrogen and oxygen atoms in total. The molecule has 2 aromatic carbocycles. The third-order valence-electron chi connectivity index (χ3n) is 3.94. The molecule has 3 rings (SSSR count). The van der Waals surface area contributed by atoms with Gasteiger partial charge in [-0.2, -0.15) is 0 Å². The minimum Gasteiger partial charge on any atom is -0.397 e. The van der Waals surface area contributed by atoms with Gasteiger partial charge in [-0.05, 0) is 35.7 Å². The SMILES string of the molecule is Nc1cccc(Cc2ccc(N3CCOCC3)cc2)c1N. The number of para-hydroxylation sites is 1. The minimum atomic E-state index is 0.650. The Morgan fingerprint density at radius 1 is 0.952 bits per heavy atom. The summed E-state index contributed by atoms with van der Waals surface area (Å²) in [6, 6.07) is 14.5. The number of nitrogens with zero attached hydrogens (tertiary/aromatic N) is 1. The molecule has 0 bridgehead atoms. The molecule has 110 valence electrons. The van der Waals surface area contributed by atoms with Gasteiger partial charge in [0.05, 0.1) is 24.6 Å². The van der Waals surface area contributed by atoms with E-state index in [1.165, 1.54) is 11.3 Å². The van der Waals surface area contributed by atoms with Gasteiger partial charge < -0.3 is 21.1 Å². The van der Waals surface area contributed by atoms with Crippen molar-refractivity contribution in [1.29, 1.82) is 0 Å². The standard InChI is InChI=1S/C17H21N3O/c18-16-3-1-2-14(17(16)19)12-13-4-6-15(7-5-13)20-8-10-21-11-9-20/h1-7H,8-12,18-19H2. The summed E-state index contributed by atoms with van der Waals surface area (Å²) in [5.74, 6) is 0. The van der Waals surface area contributed by atoms with E-state index in [1.54, 1.807) is 0 Å². The summed E-state index contributed by atoms with van der Waals surface area (Å²) in [5, 5.41) is 0. The fourth-order valence-corrected chi connectivity index (χ4v) is 2.65. The number of rotatable bonds is 3. The summed E-state index contributed by atoms with van der Waals surface area (Å²) >= 11 is 0. The van der Waals surface area contributed by atoms with Crippen LogP contribution in [-0.2, 0) is 11.2 Å². The molecule has 0 spiro atoms. The summed E-state index contributed by atoms with van der Waals surface area (Å²) in [5.41, 5.74) is 16.8. The molecule has 4 N–H and O–H groups in total. The van der Waals surface area contributed by atoms with Gasteiger partial charge in [0.25, 0.3) is 0 Å². The molecule has 1 fully saturated rings.